The van der Waals surface area contributed by atoms with Gasteiger partial charge >= 0.3 is 6.18 Å². The van der Waals surface area contributed by atoms with Gasteiger partial charge in [0.05, 0.1) is 16.3 Å². The number of hydrogen-bond acceptors (Lipinski definition) is 2. The summed E-state index contributed by atoms with van der Waals surface area (Å²) < 4.78 is 52.7. The third-order valence-corrected chi connectivity index (χ3v) is 3.07. The average Bonchev–Trinajstić information content (AvgIpc) is 2.81. The Hall–Kier alpha value is -2.09. The third kappa shape index (κ3) is 3.38. The van der Waals surface area contributed by atoms with Gasteiger partial charge in [0.15, 0.2) is 5.69 Å². The van der Waals surface area contributed by atoms with Gasteiger partial charge in [-0.15, -0.1) is 0 Å². The van der Waals surface area contributed by atoms with Crippen LogP contribution in [0.1, 0.15) is 23.0 Å². The standard InChI is InChI=1S/C13H10ClF4N3O/c1-2-21-6-8(14)11(20-21)12(22)19-10-5-7(13(16,17)18)3-4-9(10)15/h3-6H,2H2,1H3,(H,19,22). The molecule has 0 bridgehead atoms. The van der Waals surface area contributed by atoms with Crippen LogP contribution in [0.4, 0.5) is 23.2 Å². The SMILES string of the molecule is CCn1cc(Cl)c(C(=O)Nc2cc(C(F)(F)F)ccc2F)n1. The summed E-state index contributed by atoms with van der Waals surface area (Å²) in [5.74, 6) is -1.89. The molecule has 0 saturated heterocycles. The van der Waals surface area contributed by atoms with Gasteiger partial charge in [-0.3, -0.25) is 9.48 Å². The zero-order valence-electron chi connectivity index (χ0n) is 11.2. The number of carbonyl (C=O) groups is 1. The summed E-state index contributed by atoms with van der Waals surface area (Å²) in [7, 11) is 0. The summed E-state index contributed by atoms with van der Waals surface area (Å²) in [6.45, 7) is 2.21. The molecule has 4 nitrogen and oxygen atoms in total. The molecule has 22 heavy (non-hydrogen) atoms. The number of nitrogens with one attached hydrogen (secondary N) is 1. The average molecular weight is 336 g/mol. The topological polar surface area (TPSA) is 46.9 Å². The number of carbonyl (C=O) groups excluding carboxylic acids is 1. The van der Waals surface area contributed by atoms with Gasteiger partial charge in [0.2, 0.25) is 0 Å². The van der Waals surface area contributed by atoms with Gasteiger partial charge in [0.1, 0.15) is 5.82 Å². The largest absolute Gasteiger partial charge is 0.416 e. The summed E-state index contributed by atoms with van der Waals surface area (Å²) in [6.07, 6.45) is -3.26. The highest BCUT2D eigenvalue weighted by Gasteiger charge is 2.31. The van der Waals surface area contributed by atoms with Crippen molar-refractivity contribution in [3.05, 3.63) is 46.5 Å². The number of aromatic nitrogens is 2. The smallest absolute Gasteiger partial charge is 0.318 e. The number of anilines is 1. The fourth-order valence-corrected chi connectivity index (χ4v) is 1.93. The lowest BCUT2D eigenvalue weighted by Gasteiger charge is -2.10. The fourth-order valence-electron chi connectivity index (χ4n) is 1.69. The van der Waals surface area contributed by atoms with E-state index in [4.69, 9.17) is 11.6 Å². The van der Waals surface area contributed by atoms with Crippen molar-refractivity contribution in [2.24, 2.45) is 0 Å². The molecule has 0 saturated carbocycles. The number of benzene rings is 1. The summed E-state index contributed by atoms with van der Waals surface area (Å²) in [4.78, 5) is 12.0. The number of rotatable bonds is 3. The second-order valence-electron chi connectivity index (χ2n) is 4.33. The van der Waals surface area contributed by atoms with E-state index >= 15 is 0 Å². The maximum absolute atomic E-state index is 13.6. The molecule has 2 rings (SSSR count). The van der Waals surface area contributed by atoms with E-state index in [-0.39, 0.29) is 10.7 Å². The van der Waals surface area contributed by atoms with Crippen LogP contribution < -0.4 is 5.32 Å². The minimum absolute atomic E-state index is 0.0201. The van der Waals surface area contributed by atoms with Crippen molar-refractivity contribution in [2.75, 3.05) is 5.32 Å². The second-order valence-corrected chi connectivity index (χ2v) is 4.74. The first-order valence-corrected chi connectivity index (χ1v) is 6.51. The highest BCUT2D eigenvalue weighted by Crippen LogP contribution is 2.32. The van der Waals surface area contributed by atoms with E-state index in [0.717, 1.165) is 0 Å². The van der Waals surface area contributed by atoms with Crippen LogP contribution in [0.3, 0.4) is 0 Å². The molecule has 0 fully saturated rings. The Morgan fingerprint density at radius 1 is 1.41 bits per heavy atom. The quantitative estimate of drug-likeness (QED) is 0.863. The van der Waals surface area contributed by atoms with Gasteiger partial charge in [-0.05, 0) is 25.1 Å². The Bertz CT molecular complexity index is 712. The number of amides is 1. The zero-order chi connectivity index (χ0) is 16.5. The van der Waals surface area contributed by atoms with Gasteiger partial charge in [0.25, 0.3) is 5.91 Å². The predicted molar refractivity (Wildman–Crippen MR) is 72.3 cm³/mol. The molecule has 9 heteroatoms. The molecule has 0 atom stereocenters. The van der Waals surface area contributed by atoms with E-state index in [1.54, 1.807) is 6.92 Å². The lowest BCUT2D eigenvalue weighted by Crippen LogP contribution is -2.16. The van der Waals surface area contributed by atoms with Crippen molar-refractivity contribution in [3.8, 4) is 0 Å². The molecule has 1 N–H and O–H groups in total. The molecule has 0 aliphatic rings. The highest BCUT2D eigenvalue weighted by molar-refractivity contribution is 6.34. The monoisotopic (exact) mass is 335 g/mol. The molecular weight excluding hydrogens is 326 g/mol. The lowest BCUT2D eigenvalue weighted by atomic mass is 10.2. The number of nitrogens with zero attached hydrogens (tertiary/aromatic N) is 2. The normalized spacial score (nSPS) is 11.5. The molecule has 0 spiro atoms. The van der Waals surface area contributed by atoms with Crippen LogP contribution in [0, 0.1) is 5.82 Å². The van der Waals surface area contributed by atoms with Crippen molar-refractivity contribution in [1.29, 1.82) is 0 Å². The molecule has 1 amide bonds. The van der Waals surface area contributed by atoms with E-state index < -0.39 is 29.2 Å². The van der Waals surface area contributed by atoms with Crippen LogP contribution in [-0.4, -0.2) is 15.7 Å². The van der Waals surface area contributed by atoms with Crippen molar-refractivity contribution in [2.45, 2.75) is 19.6 Å². The first-order chi connectivity index (χ1) is 10.2. The van der Waals surface area contributed by atoms with Crippen molar-refractivity contribution >= 4 is 23.2 Å². The number of alkyl halides is 3. The first-order valence-electron chi connectivity index (χ1n) is 6.13. The lowest BCUT2D eigenvalue weighted by molar-refractivity contribution is -0.137. The van der Waals surface area contributed by atoms with E-state index in [9.17, 15) is 22.4 Å². The molecular formula is C13H10ClF4N3O. The summed E-state index contributed by atoms with van der Waals surface area (Å²) in [6, 6.07) is 1.73. The molecule has 1 aromatic heterocycles. The maximum Gasteiger partial charge on any atom is 0.416 e. The maximum atomic E-state index is 13.6. The molecule has 0 aliphatic heterocycles. The van der Waals surface area contributed by atoms with E-state index in [2.05, 4.69) is 5.10 Å². The van der Waals surface area contributed by atoms with E-state index in [0.29, 0.717) is 24.7 Å². The Morgan fingerprint density at radius 2 is 2.09 bits per heavy atom. The Labute approximate surface area is 127 Å². The molecule has 0 unspecified atom stereocenters. The van der Waals surface area contributed by atoms with Crippen molar-refractivity contribution in [3.63, 3.8) is 0 Å². The Kier molecular flexibility index (Phi) is 4.41. The van der Waals surface area contributed by atoms with Gasteiger partial charge < -0.3 is 5.32 Å². The number of hydrogen-bond donors (Lipinski definition) is 1. The number of aryl methyl sites for hydroxylation is 1. The molecule has 1 aromatic carbocycles. The Morgan fingerprint density at radius 3 is 2.64 bits per heavy atom. The molecule has 118 valence electrons. The molecule has 2 aromatic rings. The van der Waals surface area contributed by atoms with Crippen LogP contribution in [0.25, 0.3) is 0 Å². The summed E-state index contributed by atoms with van der Waals surface area (Å²) >= 11 is 5.81. The first kappa shape index (κ1) is 16.3. The summed E-state index contributed by atoms with van der Waals surface area (Å²) in [5, 5.41) is 5.92. The highest BCUT2D eigenvalue weighted by atomic mass is 35.5. The second kappa shape index (κ2) is 5.96. The van der Waals surface area contributed by atoms with Crippen LogP contribution in [-0.2, 0) is 12.7 Å². The zero-order valence-corrected chi connectivity index (χ0v) is 12.0. The van der Waals surface area contributed by atoms with Crippen LogP contribution in [0.2, 0.25) is 5.02 Å². The van der Waals surface area contributed by atoms with Gasteiger partial charge in [-0.1, -0.05) is 11.6 Å². The fraction of sp³-hybridized carbons (Fsp3) is 0.231. The van der Waals surface area contributed by atoms with Crippen LogP contribution in [0.15, 0.2) is 24.4 Å². The van der Waals surface area contributed by atoms with Gasteiger partial charge in [-0.2, -0.15) is 18.3 Å². The van der Waals surface area contributed by atoms with E-state index in [1.807, 2.05) is 5.32 Å². The van der Waals surface area contributed by atoms with Crippen molar-refractivity contribution in [1.82, 2.24) is 9.78 Å². The minimum atomic E-state index is -4.64. The third-order valence-electron chi connectivity index (χ3n) is 2.80. The molecule has 0 aliphatic carbocycles. The van der Waals surface area contributed by atoms with Gasteiger partial charge in [0, 0.05) is 12.7 Å². The van der Waals surface area contributed by atoms with Crippen molar-refractivity contribution < 1.29 is 22.4 Å². The van der Waals surface area contributed by atoms with E-state index in [1.165, 1.54) is 10.9 Å². The minimum Gasteiger partial charge on any atom is -0.318 e. The van der Waals surface area contributed by atoms with Crippen LogP contribution >= 0.6 is 11.6 Å². The van der Waals surface area contributed by atoms with Gasteiger partial charge in [-0.25, -0.2) is 4.39 Å². The Balaban J connectivity index is 2.30. The predicted octanol–water partition coefficient (Wildman–Crippen LogP) is 3.97. The number of halogens is 5. The molecule has 1 heterocycles. The molecule has 0 radical (unpaired) electrons. The van der Waals surface area contributed by atoms with Crippen LogP contribution in [0.5, 0.6) is 0 Å². The summed E-state index contributed by atoms with van der Waals surface area (Å²) in [5.41, 5.74) is -1.86.